The quantitative estimate of drug-likeness (QED) is 0.635. The molecular weight excluding hydrogens is 180 g/mol. The molecule has 0 N–H and O–H groups in total. The lowest BCUT2D eigenvalue weighted by molar-refractivity contribution is -0.112. The van der Waals surface area contributed by atoms with Gasteiger partial charge in [-0.2, -0.15) is 0 Å². The molecule has 0 atom stereocenters. The van der Waals surface area contributed by atoms with Crippen molar-refractivity contribution in [1.82, 2.24) is 0 Å². The number of allylic oxidation sites excluding steroid dienone is 1. The van der Waals surface area contributed by atoms with Crippen molar-refractivity contribution in [3.05, 3.63) is 24.6 Å². The number of thioether (sulfide) groups is 1. The lowest BCUT2D eigenvalue weighted by atomic mass is 10.5. The van der Waals surface area contributed by atoms with E-state index in [2.05, 4.69) is 13.2 Å². The third-order valence-corrected chi connectivity index (χ3v) is 1.26. The van der Waals surface area contributed by atoms with Crippen molar-refractivity contribution >= 4 is 17.5 Å². The van der Waals surface area contributed by atoms with Gasteiger partial charge in [-0.15, -0.1) is 11.8 Å². The van der Waals surface area contributed by atoms with Crippen molar-refractivity contribution in [2.75, 3.05) is 5.75 Å². The fourth-order valence-corrected chi connectivity index (χ4v) is 0.600. The van der Waals surface area contributed by atoms with Gasteiger partial charge < -0.3 is 0 Å². The molecule has 0 amide bonds. The van der Waals surface area contributed by atoms with E-state index in [1.54, 1.807) is 5.41 Å². The average molecular weight is 204 g/mol. The molecule has 0 aliphatic rings. The first-order valence-corrected chi connectivity index (χ1v) is 5.24. The molecular formula is C11H24OS. The Labute approximate surface area is 88.3 Å². The third kappa shape index (κ3) is 34.3. The first-order chi connectivity index (χ1) is 5.81. The minimum atomic E-state index is 0. The van der Waals surface area contributed by atoms with Crippen LogP contribution in [-0.4, -0.2) is 11.5 Å². The Kier molecular flexibility index (Phi) is 52.8. The number of carbonyl (C=O) groups is 1. The second kappa shape index (κ2) is 30.0. The molecule has 2 heteroatoms. The molecule has 0 aromatic heterocycles. The van der Waals surface area contributed by atoms with Crippen LogP contribution in [0.4, 0.5) is 0 Å². The van der Waals surface area contributed by atoms with Crippen molar-refractivity contribution in [3.8, 4) is 0 Å². The van der Waals surface area contributed by atoms with Gasteiger partial charge in [0.2, 0.25) is 0 Å². The summed E-state index contributed by atoms with van der Waals surface area (Å²) in [7, 11) is 0. The molecule has 0 spiro atoms. The van der Waals surface area contributed by atoms with Crippen molar-refractivity contribution in [2.45, 2.75) is 35.1 Å². The highest BCUT2D eigenvalue weighted by Crippen LogP contribution is 1.98. The minimum Gasteiger partial charge on any atom is -0.294 e. The predicted molar refractivity (Wildman–Crippen MR) is 67.3 cm³/mol. The van der Waals surface area contributed by atoms with E-state index in [4.69, 9.17) is 0 Å². The van der Waals surface area contributed by atoms with Gasteiger partial charge in [0.1, 0.15) is 0 Å². The number of hydrogen-bond donors (Lipinski definition) is 0. The van der Waals surface area contributed by atoms with Gasteiger partial charge >= 0.3 is 0 Å². The second-order valence-electron chi connectivity index (χ2n) is 1.15. The SMILES string of the molecule is C.C=CSCC(=O)C=C.CC.CC. The van der Waals surface area contributed by atoms with Crippen LogP contribution in [0.2, 0.25) is 0 Å². The summed E-state index contributed by atoms with van der Waals surface area (Å²) < 4.78 is 0. The fourth-order valence-electron chi connectivity index (χ4n) is 0.200. The summed E-state index contributed by atoms with van der Waals surface area (Å²) in [6, 6.07) is 0. The van der Waals surface area contributed by atoms with E-state index >= 15 is 0 Å². The first-order valence-electron chi connectivity index (χ1n) is 4.19. The van der Waals surface area contributed by atoms with Crippen LogP contribution in [0.3, 0.4) is 0 Å². The van der Waals surface area contributed by atoms with Crippen LogP contribution in [-0.2, 0) is 4.79 Å². The lowest BCUT2D eigenvalue weighted by Gasteiger charge is -1.84. The summed E-state index contributed by atoms with van der Waals surface area (Å²) in [6.07, 6.45) is 1.32. The minimum absolute atomic E-state index is 0. The highest BCUT2D eigenvalue weighted by atomic mass is 32.2. The van der Waals surface area contributed by atoms with Gasteiger partial charge in [0, 0.05) is 0 Å². The second-order valence-corrected chi connectivity index (χ2v) is 2.10. The van der Waals surface area contributed by atoms with Crippen LogP contribution in [0.15, 0.2) is 24.6 Å². The normalized spacial score (nSPS) is 5.85. The van der Waals surface area contributed by atoms with E-state index in [1.807, 2.05) is 27.7 Å². The molecule has 0 aliphatic carbocycles. The largest absolute Gasteiger partial charge is 0.294 e. The zero-order valence-electron chi connectivity index (χ0n) is 8.59. The monoisotopic (exact) mass is 204 g/mol. The summed E-state index contributed by atoms with van der Waals surface area (Å²) in [5, 5.41) is 1.64. The van der Waals surface area contributed by atoms with Crippen LogP contribution in [0, 0.1) is 0 Å². The molecule has 0 heterocycles. The molecule has 0 aliphatic heterocycles. The number of carbonyl (C=O) groups excluding carboxylic acids is 1. The Hall–Kier alpha value is -0.500. The van der Waals surface area contributed by atoms with Gasteiger partial charge in [0.15, 0.2) is 5.78 Å². The van der Waals surface area contributed by atoms with Gasteiger partial charge in [0.05, 0.1) is 5.75 Å². The van der Waals surface area contributed by atoms with Crippen LogP contribution >= 0.6 is 11.8 Å². The van der Waals surface area contributed by atoms with Gasteiger partial charge in [-0.05, 0) is 11.5 Å². The standard InChI is InChI=1S/C6H8OS.2C2H6.CH4/c1-3-6(7)5-8-4-2;2*1-2;/h3-4H,1-2,5H2;2*1-2H3;1H4. The Bertz CT molecular complexity index is 109. The molecule has 0 radical (unpaired) electrons. The predicted octanol–water partition coefficient (Wildman–Crippen LogP) is 4.31. The number of rotatable bonds is 4. The summed E-state index contributed by atoms with van der Waals surface area (Å²) in [5.41, 5.74) is 0. The number of ketones is 1. The van der Waals surface area contributed by atoms with Crippen molar-refractivity contribution in [3.63, 3.8) is 0 Å². The van der Waals surface area contributed by atoms with Gasteiger partial charge in [-0.3, -0.25) is 4.79 Å². The number of hydrogen-bond acceptors (Lipinski definition) is 2. The Balaban J connectivity index is -0.0000000712. The summed E-state index contributed by atoms with van der Waals surface area (Å²) in [4.78, 5) is 10.4. The molecule has 0 aromatic rings. The zero-order chi connectivity index (χ0) is 10.4. The maximum Gasteiger partial charge on any atom is 0.165 e. The van der Waals surface area contributed by atoms with E-state index in [9.17, 15) is 4.79 Å². The lowest BCUT2D eigenvalue weighted by Crippen LogP contribution is -1.92. The van der Waals surface area contributed by atoms with Crippen LogP contribution < -0.4 is 0 Å². The summed E-state index contributed by atoms with van der Waals surface area (Å²) in [5.74, 6) is 0.516. The van der Waals surface area contributed by atoms with Crippen LogP contribution in [0.5, 0.6) is 0 Å². The maximum absolute atomic E-state index is 10.4. The molecule has 0 fully saturated rings. The molecule has 0 saturated heterocycles. The van der Waals surface area contributed by atoms with Gasteiger partial charge in [-0.25, -0.2) is 0 Å². The maximum atomic E-state index is 10.4. The van der Waals surface area contributed by atoms with Gasteiger partial charge in [-0.1, -0.05) is 48.3 Å². The smallest absolute Gasteiger partial charge is 0.165 e. The molecule has 0 rings (SSSR count). The average Bonchev–Trinajstić information content (AvgIpc) is 2.20. The summed E-state index contributed by atoms with van der Waals surface area (Å²) >= 11 is 1.38. The van der Waals surface area contributed by atoms with Crippen molar-refractivity contribution in [1.29, 1.82) is 0 Å². The highest BCUT2D eigenvalue weighted by Gasteiger charge is 1.89. The van der Waals surface area contributed by atoms with Gasteiger partial charge in [0.25, 0.3) is 0 Å². The molecule has 13 heavy (non-hydrogen) atoms. The zero-order valence-corrected chi connectivity index (χ0v) is 9.41. The Morgan fingerprint density at radius 2 is 1.62 bits per heavy atom. The summed E-state index contributed by atoms with van der Waals surface area (Å²) in [6.45, 7) is 14.8. The Morgan fingerprint density at radius 1 is 1.23 bits per heavy atom. The van der Waals surface area contributed by atoms with Crippen LogP contribution in [0.1, 0.15) is 35.1 Å². The fraction of sp³-hybridized carbons (Fsp3) is 0.545. The van der Waals surface area contributed by atoms with Crippen LogP contribution in [0.25, 0.3) is 0 Å². The van der Waals surface area contributed by atoms with E-state index in [1.165, 1.54) is 17.8 Å². The van der Waals surface area contributed by atoms with E-state index in [0.29, 0.717) is 5.75 Å². The van der Waals surface area contributed by atoms with E-state index < -0.39 is 0 Å². The first kappa shape index (κ1) is 22.9. The highest BCUT2D eigenvalue weighted by molar-refractivity contribution is 8.02. The molecule has 0 saturated carbocycles. The molecule has 1 nitrogen and oxygen atoms in total. The topological polar surface area (TPSA) is 17.1 Å². The molecule has 0 unspecified atom stereocenters. The molecule has 0 bridgehead atoms. The third-order valence-electron chi connectivity index (χ3n) is 0.571. The van der Waals surface area contributed by atoms with E-state index in [-0.39, 0.29) is 13.2 Å². The molecule has 80 valence electrons. The van der Waals surface area contributed by atoms with Crippen molar-refractivity contribution in [2.24, 2.45) is 0 Å². The Morgan fingerprint density at radius 3 is 1.85 bits per heavy atom. The molecule has 0 aromatic carbocycles. The van der Waals surface area contributed by atoms with E-state index in [0.717, 1.165) is 0 Å². The van der Waals surface area contributed by atoms with Crippen molar-refractivity contribution < 1.29 is 4.79 Å².